The first kappa shape index (κ1) is 14.3. The van der Waals surface area contributed by atoms with Gasteiger partial charge in [0.25, 0.3) is 0 Å². The number of rotatable bonds is 3. The topological polar surface area (TPSA) is 82.6 Å². The van der Waals surface area contributed by atoms with Gasteiger partial charge in [0.1, 0.15) is 0 Å². The average Bonchev–Trinajstić information content (AvgIpc) is 2.46. The van der Waals surface area contributed by atoms with Crippen molar-refractivity contribution in [3.05, 3.63) is 0 Å². The number of carbonyl (C=O) groups excluding carboxylic acids is 1. The number of carbonyl (C=O) groups is 1. The molecular weight excluding hydrogens is 244 g/mol. The molecule has 0 aromatic rings. The summed E-state index contributed by atoms with van der Waals surface area (Å²) in [6, 6.07) is 2.15. The Morgan fingerprint density at radius 3 is 2.47 bits per heavy atom. The minimum Gasteiger partial charge on any atom is -0.381 e. The van der Waals surface area contributed by atoms with Crippen LogP contribution >= 0.6 is 0 Å². The molecule has 0 radical (unpaired) electrons. The van der Waals surface area contributed by atoms with Crippen molar-refractivity contribution < 1.29 is 9.53 Å². The Hall–Kier alpha value is -1.16. The van der Waals surface area contributed by atoms with E-state index < -0.39 is 5.54 Å². The molecule has 106 valence electrons. The Balaban J connectivity index is 1.83. The molecule has 2 heterocycles. The minimum absolute atomic E-state index is 0.0655. The van der Waals surface area contributed by atoms with E-state index in [0.717, 1.165) is 19.6 Å². The number of hydrogen-bond acceptors (Lipinski definition) is 5. The molecular formula is C13H22N4O2. The van der Waals surface area contributed by atoms with E-state index in [1.54, 1.807) is 0 Å². The zero-order valence-electron chi connectivity index (χ0n) is 11.3. The average molecular weight is 266 g/mol. The summed E-state index contributed by atoms with van der Waals surface area (Å²) in [7, 11) is 0. The van der Waals surface area contributed by atoms with E-state index in [4.69, 9.17) is 15.7 Å². The van der Waals surface area contributed by atoms with Crippen LogP contribution in [-0.2, 0) is 9.53 Å². The lowest BCUT2D eigenvalue weighted by atomic mass is 9.89. The van der Waals surface area contributed by atoms with E-state index in [1.807, 2.05) is 4.90 Å². The van der Waals surface area contributed by atoms with Crippen LogP contribution in [0.25, 0.3) is 0 Å². The first-order valence-corrected chi connectivity index (χ1v) is 6.91. The molecule has 2 saturated heterocycles. The molecule has 0 unspecified atom stereocenters. The van der Waals surface area contributed by atoms with Gasteiger partial charge in [-0.15, -0.1) is 0 Å². The van der Waals surface area contributed by atoms with Gasteiger partial charge in [0.05, 0.1) is 11.6 Å². The summed E-state index contributed by atoms with van der Waals surface area (Å²) in [4.78, 5) is 16.6. The minimum atomic E-state index is -0.729. The molecule has 2 fully saturated rings. The van der Waals surface area contributed by atoms with Gasteiger partial charge in [0, 0.05) is 52.4 Å². The Labute approximate surface area is 114 Å². The third-order valence-electron chi connectivity index (χ3n) is 4.01. The maximum absolute atomic E-state index is 12.5. The second kappa shape index (κ2) is 6.33. The van der Waals surface area contributed by atoms with Crippen molar-refractivity contribution in [1.29, 1.82) is 5.26 Å². The molecule has 6 heteroatoms. The fourth-order valence-corrected chi connectivity index (χ4v) is 2.65. The van der Waals surface area contributed by atoms with Gasteiger partial charge >= 0.3 is 0 Å². The molecule has 0 bridgehead atoms. The van der Waals surface area contributed by atoms with Crippen LogP contribution in [0.15, 0.2) is 0 Å². The first-order chi connectivity index (χ1) is 9.15. The van der Waals surface area contributed by atoms with Crippen molar-refractivity contribution in [3.63, 3.8) is 0 Å². The van der Waals surface area contributed by atoms with Crippen molar-refractivity contribution in [2.24, 2.45) is 5.73 Å². The zero-order valence-corrected chi connectivity index (χ0v) is 11.3. The molecule has 0 aromatic carbocycles. The van der Waals surface area contributed by atoms with Crippen LogP contribution < -0.4 is 5.73 Å². The van der Waals surface area contributed by atoms with E-state index in [-0.39, 0.29) is 5.91 Å². The van der Waals surface area contributed by atoms with Gasteiger partial charge in [0.15, 0.2) is 0 Å². The molecule has 1 amide bonds. The van der Waals surface area contributed by atoms with Crippen molar-refractivity contribution in [3.8, 4) is 6.07 Å². The van der Waals surface area contributed by atoms with E-state index in [1.165, 1.54) is 0 Å². The number of hydrogen-bond donors (Lipinski definition) is 1. The molecule has 0 saturated carbocycles. The zero-order chi connectivity index (χ0) is 13.7. The van der Waals surface area contributed by atoms with E-state index in [0.29, 0.717) is 45.6 Å². The molecule has 0 aromatic heterocycles. The lowest BCUT2D eigenvalue weighted by molar-refractivity contribution is -0.142. The highest BCUT2D eigenvalue weighted by Gasteiger charge is 2.39. The van der Waals surface area contributed by atoms with E-state index in [2.05, 4.69) is 11.0 Å². The predicted octanol–water partition coefficient (Wildman–Crippen LogP) is -0.448. The van der Waals surface area contributed by atoms with Gasteiger partial charge < -0.3 is 15.4 Å². The normalized spacial score (nSPS) is 23.9. The van der Waals surface area contributed by atoms with Crippen LogP contribution in [-0.4, -0.2) is 67.2 Å². The monoisotopic (exact) mass is 266 g/mol. The predicted molar refractivity (Wildman–Crippen MR) is 70.2 cm³/mol. The molecule has 2 aliphatic rings. The third kappa shape index (κ3) is 3.44. The van der Waals surface area contributed by atoms with Gasteiger partial charge in [-0.2, -0.15) is 5.26 Å². The van der Waals surface area contributed by atoms with Crippen molar-refractivity contribution in [2.75, 3.05) is 45.9 Å². The lowest BCUT2D eigenvalue weighted by Crippen LogP contribution is -2.61. The summed E-state index contributed by atoms with van der Waals surface area (Å²) in [5.74, 6) is 0.0655. The Bertz CT molecular complexity index is 352. The highest BCUT2D eigenvalue weighted by Crippen LogP contribution is 2.21. The van der Waals surface area contributed by atoms with E-state index in [9.17, 15) is 4.79 Å². The van der Waals surface area contributed by atoms with Crippen LogP contribution in [0.5, 0.6) is 0 Å². The first-order valence-electron chi connectivity index (χ1n) is 6.91. The number of amides is 1. The summed E-state index contributed by atoms with van der Waals surface area (Å²) in [6.45, 7) is 5.03. The molecule has 2 aliphatic heterocycles. The third-order valence-corrected chi connectivity index (χ3v) is 4.01. The molecule has 2 rings (SSSR count). The SMILES string of the molecule is N#CCCN1CCN(C(=O)C2(N)CCOCC2)CC1. The fraction of sp³-hybridized carbons (Fsp3) is 0.846. The molecule has 0 aliphatic carbocycles. The van der Waals surface area contributed by atoms with Crippen molar-refractivity contribution in [1.82, 2.24) is 9.80 Å². The molecule has 0 spiro atoms. The van der Waals surface area contributed by atoms with E-state index >= 15 is 0 Å². The molecule has 6 nitrogen and oxygen atoms in total. The Morgan fingerprint density at radius 1 is 1.26 bits per heavy atom. The van der Waals surface area contributed by atoms with Gasteiger partial charge in [-0.1, -0.05) is 0 Å². The lowest BCUT2D eigenvalue weighted by Gasteiger charge is -2.40. The highest BCUT2D eigenvalue weighted by molar-refractivity contribution is 5.86. The smallest absolute Gasteiger partial charge is 0.242 e. The largest absolute Gasteiger partial charge is 0.381 e. The van der Waals surface area contributed by atoms with Crippen LogP contribution in [0.3, 0.4) is 0 Å². The maximum Gasteiger partial charge on any atom is 0.242 e. The number of nitriles is 1. The quantitative estimate of drug-likeness (QED) is 0.748. The molecule has 2 N–H and O–H groups in total. The summed E-state index contributed by atoms with van der Waals surface area (Å²) < 4.78 is 5.27. The second-order valence-corrected chi connectivity index (χ2v) is 5.31. The van der Waals surface area contributed by atoms with Crippen LogP contribution in [0.1, 0.15) is 19.3 Å². The summed E-state index contributed by atoms with van der Waals surface area (Å²) in [5, 5.41) is 8.57. The molecule has 19 heavy (non-hydrogen) atoms. The van der Waals surface area contributed by atoms with Gasteiger partial charge in [-0.3, -0.25) is 9.69 Å². The number of nitrogens with two attached hydrogens (primary N) is 1. The number of piperazine rings is 1. The molecule has 0 atom stereocenters. The van der Waals surface area contributed by atoms with Gasteiger partial charge in [-0.25, -0.2) is 0 Å². The second-order valence-electron chi connectivity index (χ2n) is 5.31. The summed E-state index contributed by atoms with van der Waals surface area (Å²) >= 11 is 0. The standard InChI is InChI=1S/C13H22N4O2/c14-4-1-5-16-6-8-17(9-7-16)12(18)13(15)2-10-19-11-3-13/h1-3,5-11,15H2. The summed E-state index contributed by atoms with van der Waals surface area (Å²) in [5.41, 5.74) is 5.49. The maximum atomic E-state index is 12.5. The van der Waals surface area contributed by atoms with Crippen LogP contribution in [0.4, 0.5) is 0 Å². The van der Waals surface area contributed by atoms with Crippen LogP contribution in [0, 0.1) is 11.3 Å². The highest BCUT2D eigenvalue weighted by atomic mass is 16.5. The van der Waals surface area contributed by atoms with Crippen molar-refractivity contribution >= 4 is 5.91 Å². The Kier molecular flexibility index (Phi) is 4.75. The van der Waals surface area contributed by atoms with Crippen LogP contribution in [0.2, 0.25) is 0 Å². The number of nitrogens with zero attached hydrogens (tertiary/aromatic N) is 3. The van der Waals surface area contributed by atoms with Gasteiger partial charge in [0.2, 0.25) is 5.91 Å². The van der Waals surface area contributed by atoms with Crippen molar-refractivity contribution in [2.45, 2.75) is 24.8 Å². The summed E-state index contributed by atoms with van der Waals surface area (Å²) in [6.07, 6.45) is 1.77. The number of ether oxygens (including phenoxy) is 1. The Morgan fingerprint density at radius 2 is 1.89 bits per heavy atom. The van der Waals surface area contributed by atoms with Gasteiger partial charge in [-0.05, 0) is 12.8 Å². The fourth-order valence-electron chi connectivity index (χ4n) is 2.65.